The largest absolute Gasteiger partial charge is 0.441 e. The molecule has 19 heavy (non-hydrogen) atoms. The smallest absolute Gasteiger partial charge is 0.246 e. The second-order valence-electron chi connectivity index (χ2n) is 4.99. The number of hydrogen-bond acceptors (Lipinski definition) is 4. The van der Waals surface area contributed by atoms with Crippen molar-refractivity contribution in [2.45, 2.75) is 20.8 Å². The Morgan fingerprint density at radius 3 is 2.79 bits per heavy atom. The van der Waals surface area contributed by atoms with Crippen molar-refractivity contribution in [2.75, 3.05) is 11.9 Å². The fourth-order valence-corrected chi connectivity index (χ4v) is 1.82. The zero-order chi connectivity index (χ0) is 14.2. The summed E-state index contributed by atoms with van der Waals surface area (Å²) in [5.74, 6) is 0.323. The van der Waals surface area contributed by atoms with Gasteiger partial charge in [-0.2, -0.15) is 5.26 Å². The van der Waals surface area contributed by atoms with E-state index in [1.165, 1.54) is 4.90 Å². The molecule has 0 aliphatic heterocycles. The second-order valence-corrected chi connectivity index (χ2v) is 4.99. The van der Waals surface area contributed by atoms with Gasteiger partial charge >= 0.3 is 0 Å². The molecule has 1 aromatic carbocycles. The zero-order valence-electron chi connectivity index (χ0n) is 11.4. The van der Waals surface area contributed by atoms with Gasteiger partial charge in [-0.1, -0.05) is 0 Å². The molecule has 1 amide bonds. The van der Waals surface area contributed by atoms with Crippen molar-refractivity contribution in [1.29, 1.82) is 5.26 Å². The summed E-state index contributed by atoms with van der Waals surface area (Å²) in [6, 6.07) is 7.34. The van der Waals surface area contributed by atoms with Gasteiger partial charge < -0.3 is 9.32 Å². The lowest BCUT2D eigenvalue weighted by Crippen LogP contribution is -2.37. The molecular formula is C14H15N3O2. The van der Waals surface area contributed by atoms with Crippen molar-refractivity contribution in [1.82, 2.24) is 4.98 Å². The van der Waals surface area contributed by atoms with Crippen LogP contribution in [0.25, 0.3) is 11.1 Å². The lowest BCUT2D eigenvalue weighted by molar-refractivity contribution is -0.123. The number of amides is 1. The Bertz CT molecular complexity index is 680. The van der Waals surface area contributed by atoms with Crippen LogP contribution in [0.15, 0.2) is 22.6 Å². The summed E-state index contributed by atoms with van der Waals surface area (Å²) >= 11 is 0. The van der Waals surface area contributed by atoms with Gasteiger partial charge in [-0.25, -0.2) is 4.98 Å². The van der Waals surface area contributed by atoms with Crippen LogP contribution in [0.2, 0.25) is 0 Å². The lowest BCUT2D eigenvalue weighted by Gasteiger charge is -2.23. The van der Waals surface area contributed by atoms with E-state index in [0.717, 1.165) is 5.52 Å². The van der Waals surface area contributed by atoms with Crippen LogP contribution in [-0.4, -0.2) is 17.9 Å². The second kappa shape index (κ2) is 4.39. The lowest BCUT2D eigenvalue weighted by atomic mass is 9.94. The van der Waals surface area contributed by atoms with E-state index in [0.29, 0.717) is 17.2 Å². The van der Waals surface area contributed by atoms with Gasteiger partial charge in [-0.3, -0.25) is 4.79 Å². The Morgan fingerprint density at radius 1 is 1.47 bits per heavy atom. The van der Waals surface area contributed by atoms with Crippen LogP contribution in [0, 0.1) is 23.7 Å². The van der Waals surface area contributed by atoms with Gasteiger partial charge in [0, 0.05) is 25.7 Å². The van der Waals surface area contributed by atoms with E-state index in [9.17, 15) is 4.79 Å². The Kier molecular flexibility index (Phi) is 3.03. The number of carbonyl (C=O) groups is 1. The Morgan fingerprint density at radius 2 is 2.16 bits per heavy atom. The van der Waals surface area contributed by atoms with Gasteiger partial charge in [0.25, 0.3) is 0 Å². The van der Waals surface area contributed by atoms with Crippen molar-refractivity contribution in [3.63, 3.8) is 0 Å². The summed E-state index contributed by atoms with van der Waals surface area (Å²) in [5, 5.41) is 9.01. The van der Waals surface area contributed by atoms with Crippen LogP contribution >= 0.6 is 0 Å². The molecule has 0 bridgehead atoms. The highest BCUT2D eigenvalue weighted by atomic mass is 16.3. The van der Waals surface area contributed by atoms with Gasteiger partial charge in [0.1, 0.15) is 10.9 Å². The molecule has 5 nitrogen and oxygen atoms in total. The number of fused-ring (bicyclic) bond motifs is 1. The van der Waals surface area contributed by atoms with Gasteiger partial charge in [0.2, 0.25) is 5.91 Å². The monoisotopic (exact) mass is 257 g/mol. The van der Waals surface area contributed by atoms with Crippen LogP contribution in [0.3, 0.4) is 0 Å². The van der Waals surface area contributed by atoms with E-state index in [1.54, 1.807) is 46.0 Å². The van der Waals surface area contributed by atoms with E-state index in [2.05, 4.69) is 4.98 Å². The predicted molar refractivity (Wildman–Crippen MR) is 71.6 cm³/mol. The first-order chi connectivity index (χ1) is 8.85. The van der Waals surface area contributed by atoms with Crippen molar-refractivity contribution in [3.05, 3.63) is 24.1 Å². The van der Waals surface area contributed by atoms with E-state index < -0.39 is 5.41 Å². The van der Waals surface area contributed by atoms with Gasteiger partial charge in [-0.15, -0.1) is 0 Å². The minimum absolute atomic E-state index is 0.259. The number of aryl methyl sites for hydroxylation is 1. The van der Waals surface area contributed by atoms with E-state index in [1.807, 2.05) is 6.07 Å². The maximum absolute atomic E-state index is 12.2. The molecule has 5 heteroatoms. The molecule has 0 radical (unpaired) electrons. The number of hydrogen-bond donors (Lipinski definition) is 0. The summed E-state index contributed by atoms with van der Waals surface area (Å²) in [5.41, 5.74) is 1.00. The molecule has 0 unspecified atom stereocenters. The molecule has 0 atom stereocenters. The normalized spacial score (nSPS) is 11.3. The molecule has 2 rings (SSSR count). The van der Waals surface area contributed by atoms with Crippen LogP contribution in [0.4, 0.5) is 5.69 Å². The number of rotatable bonds is 2. The first-order valence-corrected chi connectivity index (χ1v) is 5.92. The molecule has 0 saturated heterocycles. The Balaban J connectivity index is 2.39. The predicted octanol–water partition coefficient (Wildman–Crippen LogP) is 2.65. The first kappa shape index (κ1) is 13.1. The zero-order valence-corrected chi connectivity index (χ0v) is 11.4. The number of nitriles is 1. The van der Waals surface area contributed by atoms with Gasteiger partial charge in [0.15, 0.2) is 11.5 Å². The molecule has 0 fully saturated rings. The van der Waals surface area contributed by atoms with Crippen molar-refractivity contribution >= 4 is 22.7 Å². The number of oxazole rings is 1. The standard InChI is InChI=1S/C14H15N3O2/c1-9-16-11-6-5-10(7-12(11)19-9)17(4)13(18)14(2,3)8-15/h5-7H,1-4H3. The highest BCUT2D eigenvalue weighted by Crippen LogP contribution is 2.25. The van der Waals surface area contributed by atoms with E-state index in [-0.39, 0.29) is 5.91 Å². The molecule has 1 heterocycles. The molecular weight excluding hydrogens is 242 g/mol. The number of carbonyl (C=O) groups excluding carboxylic acids is 1. The maximum Gasteiger partial charge on any atom is 0.246 e. The van der Waals surface area contributed by atoms with Crippen LogP contribution in [0.5, 0.6) is 0 Å². The van der Waals surface area contributed by atoms with Crippen molar-refractivity contribution < 1.29 is 9.21 Å². The highest BCUT2D eigenvalue weighted by molar-refractivity contribution is 5.99. The number of benzene rings is 1. The average Bonchev–Trinajstić information content (AvgIpc) is 2.75. The average molecular weight is 257 g/mol. The third-order valence-corrected chi connectivity index (χ3v) is 2.99. The van der Waals surface area contributed by atoms with Crippen LogP contribution < -0.4 is 4.90 Å². The summed E-state index contributed by atoms with van der Waals surface area (Å²) in [6.07, 6.45) is 0. The molecule has 2 aromatic rings. The first-order valence-electron chi connectivity index (χ1n) is 5.92. The fourth-order valence-electron chi connectivity index (χ4n) is 1.82. The fraction of sp³-hybridized carbons (Fsp3) is 0.357. The number of aromatic nitrogens is 1. The summed E-state index contributed by atoms with van der Waals surface area (Å²) < 4.78 is 5.44. The van der Waals surface area contributed by atoms with Crippen LogP contribution in [0.1, 0.15) is 19.7 Å². The van der Waals surface area contributed by atoms with E-state index >= 15 is 0 Å². The molecule has 1 aromatic heterocycles. The van der Waals surface area contributed by atoms with Gasteiger partial charge in [0.05, 0.1) is 6.07 Å². The molecule has 98 valence electrons. The minimum Gasteiger partial charge on any atom is -0.441 e. The summed E-state index contributed by atoms with van der Waals surface area (Å²) in [7, 11) is 1.64. The number of nitrogens with zero attached hydrogens (tertiary/aromatic N) is 3. The molecule has 0 spiro atoms. The van der Waals surface area contributed by atoms with Crippen molar-refractivity contribution in [3.8, 4) is 6.07 Å². The molecule has 0 saturated carbocycles. The Hall–Kier alpha value is -2.35. The minimum atomic E-state index is -1.05. The highest BCUT2D eigenvalue weighted by Gasteiger charge is 2.31. The molecule has 0 N–H and O–H groups in total. The quantitative estimate of drug-likeness (QED) is 0.829. The Labute approximate surface area is 111 Å². The number of anilines is 1. The van der Waals surface area contributed by atoms with Gasteiger partial charge in [-0.05, 0) is 26.0 Å². The molecule has 0 aliphatic carbocycles. The summed E-state index contributed by atoms with van der Waals surface area (Å²) in [6.45, 7) is 4.97. The SMILES string of the molecule is Cc1nc2ccc(N(C)C(=O)C(C)(C)C#N)cc2o1. The van der Waals surface area contributed by atoms with E-state index in [4.69, 9.17) is 9.68 Å². The summed E-state index contributed by atoms with van der Waals surface area (Å²) in [4.78, 5) is 17.9. The third-order valence-electron chi connectivity index (χ3n) is 2.99. The van der Waals surface area contributed by atoms with Crippen molar-refractivity contribution in [2.24, 2.45) is 5.41 Å². The third kappa shape index (κ3) is 2.29. The topological polar surface area (TPSA) is 70.1 Å². The van der Waals surface area contributed by atoms with Crippen LogP contribution in [-0.2, 0) is 4.79 Å². The maximum atomic E-state index is 12.2. The molecule has 0 aliphatic rings.